The molecule has 0 bridgehead atoms. The van der Waals surface area contributed by atoms with Crippen molar-refractivity contribution in [3.05, 3.63) is 35.6 Å². The maximum atomic E-state index is 13.6. The number of amides is 2. The van der Waals surface area contributed by atoms with Crippen LogP contribution in [-0.4, -0.2) is 62.7 Å². The van der Waals surface area contributed by atoms with Crippen molar-refractivity contribution in [2.75, 3.05) is 45.9 Å². The minimum absolute atomic E-state index is 0.200. The molecule has 7 heteroatoms. The Labute approximate surface area is 153 Å². The Morgan fingerprint density at radius 1 is 1.08 bits per heavy atom. The second-order valence-corrected chi connectivity index (χ2v) is 6.89. The van der Waals surface area contributed by atoms with Crippen LogP contribution in [0.4, 0.5) is 4.39 Å². The van der Waals surface area contributed by atoms with Crippen molar-refractivity contribution in [2.24, 2.45) is 5.41 Å². The van der Waals surface area contributed by atoms with Gasteiger partial charge in [-0.2, -0.15) is 0 Å². The number of ether oxygens (including phenoxy) is 1. The lowest BCUT2D eigenvalue weighted by Crippen LogP contribution is -2.46. The molecule has 26 heavy (non-hydrogen) atoms. The van der Waals surface area contributed by atoms with Crippen LogP contribution >= 0.6 is 0 Å². The Morgan fingerprint density at radius 3 is 2.38 bits per heavy atom. The topological polar surface area (TPSA) is 70.7 Å². The molecule has 0 aromatic heterocycles. The summed E-state index contributed by atoms with van der Waals surface area (Å²) in [6.45, 7) is 4.81. The maximum Gasteiger partial charge on any atom is 0.235 e. The van der Waals surface area contributed by atoms with E-state index in [1.54, 1.807) is 18.2 Å². The van der Waals surface area contributed by atoms with E-state index in [0.717, 1.165) is 32.8 Å². The van der Waals surface area contributed by atoms with E-state index in [1.165, 1.54) is 6.07 Å². The van der Waals surface area contributed by atoms with Gasteiger partial charge in [0.15, 0.2) is 0 Å². The van der Waals surface area contributed by atoms with Gasteiger partial charge in [-0.1, -0.05) is 18.2 Å². The predicted molar refractivity (Wildman–Crippen MR) is 95.0 cm³/mol. The first kappa shape index (κ1) is 18.8. The number of nitrogens with zero attached hydrogens (tertiary/aromatic N) is 1. The van der Waals surface area contributed by atoms with Crippen LogP contribution in [0.25, 0.3) is 0 Å². The summed E-state index contributed by atoms with van der Waals surface area (Å²) in [5, 5.41) is 5.68. The van der Waals surface area contributed by atoms with E-state index in [0.29, 0.717) is 37.9 Å². The molecule has 2 fully saturated rings. The quantitative estimate of drug-likeness (QED) is 0.668. The third kappa shape index (κ3) is 4.59. The largest absolute Gasteiger partial charge is 0.379 e. The van der Waals surface area contributed by atoms with Crippen LogP contribution in [0.1, 0.15) is 18.4 Å². The zero-order chi connectivity index (χ0) is 18.4. The van der Waals surface area contributed by atoms with Crippen molar-refractivity contribution in [2.45, 2.75) is 19.3 Å². The average molecular weight is 363 g/mol. The van der Waals surface area contributed by atoms with Crippen LogP contribution in [-0.2, 0) is 20.7 Å². The molecule has 1 heterocycles. The van der Waals surface area contributed by atoms with Crippen LogP contribution in [0.5, 0.6) is 0 Å². The van der Waals surface area contributed by atoms with E-state index >= 15 is 0 Å². The van der Waals surface area contributed by atoms with E-state index in [9.17, 15) is 14.0 Å². The fourth-order valence-electron chi connectivity index (χ4n) is 3.18. The lowest BCUT2D eigenvalue weighted by molar-refractivity contribution is -0.137. The zero-order valence-electron chi connectivity index (χ0n) is 14.9. The molecule has 2 aliphatic rings. The molecule has 1 aliphatic carbocycles. The summed E-state index contributed by atoms with van der Waals surface area (Å²) in [5.41, 5.74) is -0.368. The first-order chi connectivity index (χ1) is 12.6. The molecule has 1 saturated carbocycles. The fraction of sp³-hybridized carbons (Fsp3) is 0.579. The summed E-state index contributed by atoms with van der Waals surface area (Å²) >= 11 is 0. The van der Waals surface area contributed by atoms with E-state index < -0.39 is 5.41 Å². The van der Waals surface area contributed by atoms with Crippen molar-refractivity contribution in [3.8, 4) is 0 Å². The first-order valence-electron chi connectivity index (χ1n) is 9.22. The van der Waals surface area contributed by atoms with Gasteiger partial charge in [0.25, 0.3) is 0 Å². The van der Waals surface area contributed by atoms with Crippen molar-refractivity contribution in [1.29, 1.82) is 0 Å². The molecule has 6 nitrogen and oxygen atoms in total. The average Bonchev–Trinajstić information content (AvgIpc) is 3.46. The molecule has 1 aromatic rings. The molecule has 142 valence electrons. The van der Waals surface area contributed by atoms with Gasteiger partial charge in [-0.15, -0.1) is 0 Å². The van der Waals surface area contributed by atoms with E-state index in [2.05, 4.69) is 15.5 Å². The van der Waals surface area contributed by atoms with Gasteiger partial charge in [0.1, 0.15) is 11.2 Å². The van der Waals surface area contributed by atoms with Gasteiger partial charge in [-0.3, -0.25) is 14.5 Å². The Kier molecular flexibility index (Phi) is 6.21. The second-order valence-electron chi connectivity index (χ2n) is 6.89. The Hall–Kier alpha value is -1.99. The first-order valence-corrected chi connectivity index (χ1v) is 9.22. The highest BCUT2D eigenvalue weighted by atomic mass is 19.1. The number of rotatable bonds is 8. The van der Waals surface area contributed by atoms with E-state index in [4.69, 9.17) is 4.74 Å². The number of carbonyl (C=O) groups excluding carboxylic acids is 2. The number of benzene rings is 1. The monoisotopic (exact) mass is 363 g/mol. The third-order valence-corrected chi connectivity index (χ3v) is 5.07. The highest BCUT2D eigenvalue weighted by Crippen LogP contribution is 2.46. The summed E-state index contributed by atoms with van der Waals surface area (Å²) in [6.07, 6.45) is 1.55. The Morgan fingerprint density at radius 2 is 1.73 bits per heavy atom. The predicted octanol–water partition coefficient (Wildman–Crippen LogP) is 0.713. The highest BCUT2D eigenvalue weighted by Gasteiger charge is 2.56. The van der Waals surface area contributed by atoms with Crippen molar-refractivity contribution in [1.82, 2.24) is 15.5 Å². The number of nitrogens with one attached hydrogen (secondary N) is 2. The third-order valence-electron chi connectivity index (χ3n) is 5.07. The number of morpholine rings is 1. The normalized spacial score (nSPS) is 19.0. The van der Waals surface area contributed by atoms with Crippen LogP contribution in [0.3, 0.4) is 0 Å². The Bertz CT molecular complexity index is 643. The van der Waals surface area contributed by atoms with Gasteiger partial charge in [0.2, 0.25) is 11.8 Å². The molecule has 2 amide bonds. The molecule has 1 aliphatic heterocycles. The summed E-state index contributed by atoms with van der Waals surface area (Å²) in [5.74, 6) is -0.726. The van der Waals surface area contributed by atoms with Crippen LogP contribution in [0.15, 0.2) is 24.3 Å². The van der Waals surface area contributed by atoms with Gasteiger partial charge in [-0.25, -0.2) is 4.39 Å². The number of halogens is 1. The molecule has 1 aromatic carbocycles. The molecular weight excluding hydrogens is 337 g/mol. The number of hydrogen-bond acceptors (Lipinski definition) is 4. The van der Waals surface area contributed by atoms with Gasteiger partial charge in [0.05, 0.1) is 13.2 Å². The van der Waals surface area contributed by atoms with E-state index in [-0.39, 0.29) is 17.6 Å². The van der Waals surface area contributed by atoms with Gasteiger partial charge in [0, 0.05) is 32.7 Å². The standard InChI is InChI=1S/C19H26FN3O3/c20-16-4-2-1-3-15(16)5-8-21-17(24)19(6-7-19)18(25)22-9-10-23-11-13-26-14-12-23/h1-4H,5-14H2,(H,21,24)(H,22,25). The molecule has 0 radical (unpaired) electrons. The molecule has 1 saturated heterocycles. The zero-order valence-corrected chi connectivity index (χ0v) is 14.9. The smallest absolute Gasteiger partial charge is 0.235 e. The van der Waals surface area contributed by atoms with Gasteiger partial charge < -0.3 is 15.4 Å². The van der Waals surface area contributed by atoms with E-state index in [1.807, 2.05) is 0 Å². The molecule has 0 spiro atoms. The molecule has 0 unspecified atom stereocenters. The lowest BCUT2D eigenvalue weighted by Gasteiger charge is -2.26. The molecular formula is C19H26FN3O3. The minimum Gasteiger partial charge on any atom is -0.379 e. The molecule has 0 atom stereocenters. The van der Waals surface area contributed by atoms with Crippen molar-refractivity contribution >= 4 is 11.8 Å². The molecule has 3 rings (SSSR count). The summed E-state index contributed by atoms with van der Waals surface area (Å²) in [6, 6.07) is 6.51. The van der Waals surface area contributed by atoms with Crippen molar-refractivity contribution in [3.63, 3.8) is 0 Å². The number of hydrogen-bond donors (Lipinski definition) is 2. The second kappa shape index (κ2) is 8.60. The lowest BCUT2D eigenvalue weighted by atomic mass is 10.0. The summed E-state index contributed by atoms with van der Waals surface area (Å²) < 4.78 is 18.9. The summed E-state index contributed by atoms with van der Waals surface area (Å²) in [4.78, 5) is 27.1. The van der Waals surface area contributed by atoms with Crippen molar-refractivity contribution < 1.29 is 18.7 Å². The van der Waals surface area contributed by atoms with Gasteiger partial charge in [-0.05, 0) is 30.9 Å². The maximum absolute atomic E-state index is 13.6. The van der Waals surface area contributed by atoms with Crippen LogP contribution < -0.4 is 10.6 Å². The number of carbonyl (C=O) groups is 2. The fourth-order valence-corrected chi connectivity index (χ4v) is 3.18. The molecule has 2 N–H and O–H groups in total. The van der Waals surface area contributed by atoms with Crippen LogP contribution in [0.2, 0.25) is 0 Å². The minimum atomic E-state index is -0.930. The SMILES string of the molecule is O=C(NCCc1ccccc1F)C1(C(=O)NCCN2CCOCC2)CC1. The summed E-state index contributed by atoms with van der Waals surface area (Å²) in [7, 11) is 0. The highest BCUT2D eigenvalue weighted by molar-refractivity contribution is 6.07. The Balaban J connectivity index is 1.40. The van der Waals surface area contributed by atoms with Gasteiger partial charge >= 0.3 is 0 Å². The van der Waals surface area contributed by atoms with Crippen LogP contribution in [0, 0.1) is 11.2 Å².